The molecule has 5 rings (SSSR count). The van der Waals surface area contributed by atoms with Gasteiger partial charge in [-0.05, 0) is 77.9 Å². The molecule has 4 aromatic rings. The molecular weight excluding hydrogens is 544 g/mol. The van der Waals surface area contributed by atoms with Gasteiger partial charge in [0.2, 0.25) is 5.82 Å². The van der Waals surface area contributed by atoms with Crippen LogP contribution in [0.4, 0.5) is 11.4 Å². The average Bonchev–Trinajstić information content (AvgIpc) is 3.50. The van der Waals surface area contributed by atoms with Gasteiger partial charge in [0.1, 0.15) is 0 Å². The summed E-state index contributed by atoms with van der Waals surface area (Å²) in [6.45, 7) is 0.336. The van der Waals surface area contributed by atoms with Gasteiger partial charge < -0.3 is 5.32 Å². The fourth-order valence-electron chi connectivity index (χ4n) is 3.78. The summed E-state index contributed by atoms with van der Waals surface area (Å²) in [7, 11) is -3.78. The Hall–Kier alpha value is -3.28. The molecule has 0 spiro atoms. The van der Waals surface area contributed by atoms with Gasteiger partial charge in [0.15, 0.2) is 0 Å². The highest BCUT2D eigenvalue weighted by Gasteiger charge is 2.31. The summed E-state index contributed by atoms with van der Waals surface area (Å²) in [6, 6.07) is 16.2. The second-order valence-electron chi connectivity index (χ2n) is 7.50. The predicted octanol–water partition coefficient (Wildman–Crippen LogP) is 4.29. The lowest BCUT2D eigenvalue weighted by Gasteiger charge is -2.19. The Morgan fingerprint density at radius 2 is 1.88 bits per heavy atom. The zero-order chi connectivity index (χ0) is 23.9. The lowest BCUT2D eigenvalue weighted by atomic mass is 10.1. The summed E-state index contributed by atoms with van der Waals surface area (Å²) in [5, 5.41) is 17.3. The molecule has 0 bridgehead atoms. The monoisotopic (exact) mass is 558 g/mol. The summed E-state index contributed by atoms with van der Waals surface area (Å²) >= 11 is 9.43. The van der Waals surface area contributed by atoms with Gasteiger partial charge >= 0.3 is 0 Å². The lowest BCUT2D eigenvalue weighted by molar-refractivity contribution is 0.102. The third-order valence-electron chi connectivity index (χ3n) is 5.42. The number of tetrazole rings is 1. The zero-order valence-corrected chi connectivity index (χ0v) is 20.5. The minimum absolute atomic E-state index is 0.1000. The molecule has 0 saturated heterocycles. The van der Waals surface area contributed by atoms with E-state index in [0.717, 1.165) is 10.0 Å². The van der Waals surface area contributed by atoms with E-state index in [0.29, 0.717) is 46.3 Å². The highest BCUT2D eigenvalue weighted by molar-refractivity contribution is 9.10. The number of carbonyl (C=O) groups is 1. The first-order valence-corrected chi connectivity index (χ1v) is 12.7. The number of hydrogen-bond donors (Lipinski definition) is 2. The van der Waals surface area contributed by atoms with Crippen molar-refractivity contribution in [3.05, 3.63) is 81.3 Å². The lowest BCUT2D eigenvalue weighted by Crippen LogP contribution is -2.29. The Labute approximate surface area is 208 Å². The summed E-state index contributed by atoms with van der Waals surface area (Å²) in [4.78, 5) is 13.0. The van der Waals surface area contributed by atoms with Crippen molar-refractivity contribution in [1.82, 2.24) is 20.6 Å². The van der Waals surface area contributed by atoms with Gasteiger partial charge in [-0.3, -0.25) is 9.10 Å². The molecule has 1 amide bonds. The number of anilines is 2. The van der Waals surface area contributed by atoms with E-state index >= 15 is 0 Å². The Bertz CT molecular complexity index is 1490. The van der Waals surface area contributed by atoms with Gasteiger partial charge in [-0.15, -0.1) is 10.2 Å². The first-order chi connectivity index (χ1) is 16.3. The van der Waals surface area contributed by atoms with Crippen LogP contribution in [0.2, 0.25) is 5.02 Å². The van der Waals surface area contributed by atoms with E-state index in [2.05, 4.69) is 41.9 Å². The van der Waals surface area contributed by atoms with Crippen molar-refractivity contribution < 1.29 is 13.2 Å². The molecule has 0 radical (unpaired) electrons. The second kappa shape index (κ2) is 8.82. The largest absolute Gasteiger partial charge is 0.321 e. The molecule has 1 aliphatic rings. The van der Waals surface area contributed by atoms with Crippen molar-refractivity contribution in [3.63, 3.8) is 0 Å². The van der Waals surface area contributed by atoms with Gasteiger partial charge in [0.25, 0.3) is 15.9 Å². The highest BCUT2D eigenvalue weighted by Crippen LogP contribution is 2.35. The molecule has 34 heavy (non-hydrogen) atoms. The summed E-state index contributed by atoms with van der Waals surface area (Å²) in [5.74, 6) is -0.0811. The van der Waals surface area contributed by atoms with Crippen LogP contribution in [-0.4, -0.2) is 41.5 Å². The Balaban J connectivity index is 1.38. The molecule has 3 aromatic carbocycles. The number of H-pyrrole nitrogens is 1. The van der Waals surface area contributed by atoms with Crippen molar-refractivity contribution in [1.29, 1.82) is 0 Å². The second-order valence-corrected chi connectivity index (χ2v) is 10.7. The van der Waals surface area contributed by atoms with E-state index < -0.39 is 15.9 Å². The Kier molecular flexibility index (Phi) is 5.84. The van der Waals surface area contributed by atoms with Crippen molar-refractivity contribution in [2.75, 3.05) is 16.2 Å². The van der Waals surface area contributed by atoms with Crippen molar-refractivity contribution in [2.45, 2.75) is 11.3 Å². The molecule has 0 unspecified atom stereocenters. The van der Waals surface area contributed by atoms with Crippen molar-refractivity contribution >= 4 is 54.8 Å². The van der Waals surface area contributed by atoms with E-state index in [9.17, 15) is 13.2 Å². The number of sulfonamides is 1. The minimum Gasteiger partial charge on any atom is -0.321 e. The Morgan fingerprint density at radius 3 is 2.62 bits per heavy atom. The number of nitrogens with zero attached hydrogens (tertiary/aromatic N) is 4. The van der Waals surface area contributed by atoms with Crippen molar-refractivity contribution in [2.24, 2.45) is 0 Å². The molecule has 2 N–H and O–H groups in total. The first kappa shape index (κ1) is 22.5. The number of fused-ring (bicyclic) bond motifs is 1. The summed E-state index contributed by atoms with van der Waals surface area (Å²) in [6.07, 6.45) is 0.589. The third kappa shape index (κ3) is 4.17. The first-order valence-electron chi connectivity index (χ1n) is 10.1. The minimum atomic E-state index is -3.78. The van der Waals surface area contributed by atoms with Crippen LogP contribution in [0.25, 0.3) is 11.4 Å². The number of aromatic nitrogens is 4. The maximum absolute atomic E-state index is 13.2. The standard InChI is InChI=1S/C22H16BrClN6O3S/c23-15-3-7-19(18(12-15)21-26-28-29-27-21)25-22(31)13-1-5-17(6-2-13)34(32,33)30-10-9-14-11-16(24)4-8-20(14)30/h1-8,11-12H,9-10H2,(H,25,31)(H,26,27,28,29). The number of halogens is 2. The number of hydrogen-bond acceptors (Lipinski definition) is 6. The maximum Gasteiger partial charge on any atom is 0.264 e. The normalized spacial score (nSPS) is 13.1. The van der Waals surface area contributed by atoms with Gasteiger partial charge in [-0.2, -0.15) is 5.21 Å². The van der Waals surface area contributed by atoms with Crippen LogP contribution >= 0.6 is 27.5 Å². The number of nitrogens with one attached hydrogen (secondary N) is 2. The predicted molar refractivity (Wildman–Crippen MR) is 131 cm³/mol. The van der Waals surface area contributed by atoms with E-state index in [4.69, 9.17) is 11.6 Å². The van der Waals surface area contributed by atoms with Crippen LogP contribution in [0.5, 0.6) is 0 Å². The van der Waals surface area contributed by atoms with E-state index in [1.807, 2.05) is 0 Å². The number of amides is 1. The highest BCUT2D eigenvalue weighted by atomic mass is 79.9. The van der Waals surface area contributed by atoms with Crippen LogP contribution in [0.1, 0.15) is 15.9 Å². The quantitative estimate of drug-likeness (QED) is 0.376. The van der Waals surface area contributed by atoms with Gasteiger partial charge in [-0.25, -0.2) is 8.42 Å². The van der Waals surface area contributed by atoms with Crippen LogP contribution < -0.4 is 9.62 Å². The molecule has 1 aliphatic heterocycles. The molecule has 0 aliphatic carbocycles. The smallest absolute Gasteiger partial charge is 0.264 e. The van der Waals surface area contributed by atoms with Gasteiger partial charge in [0, 0.05) is 27.2 Å². The topological polar surface area (TPSA) is 121 Å². The number of benzene rings is 3. The Morgan fingerprint density at radius 1 is 1.09 bits per heavy atom. The van der Waals surface area contributed by atoms with Crippen LogP contribution in [-0.2, 0) is 16.4 Å². The molecule has 172 valence electrons. The SMILES string of the molecule is O=C(Nc1ccc(Br)cc1-c1nn[nH]n1)c1ccc(S(=O)(=O)N2CCc3cc(Cl)ccc32)cc1. The average molecular weight is 560 g/mol. The molecule has 12 heteroatoms. The molecule has 0 atom stereocenters. The van der Waals surface area contributed by atoms with Crippen molar-refractivity contribution in [3.8, 4) is 11.4 Å². The maximum atomic E-state index is 13.2. The van der Waals surface area contributed by atoms with E-state index in [1.54, 1.807) is 36.4 Å². The summed E-state index contributed by atoms with van der Waals surface area (Å²) < 4.78 is 28.6. The van der Waals surface area contributed by atoms with Gasteiger partial charge in [0.05, 0.1) is 16.3 Å². The van der Waals surface area contributed by atoms with Gasteiger partial charge in [-0.1, -0.05) is 27.5 Å². The fourth-order valence-corrected chi connectivity index (χ4v) is 5.84. The number of rotatable bonds is 5. The van der Waals surface area contributed by atoms with E-state index in [-0.39, 0.29) is 4.90 Å². The van der Waals surface area contributed by atoms with Crippen LogP contribution in [0.15, 0.2) is 70.0 Å². The van der Waals surface area contributed by atoms with Crippen LogP contribution in [0.3, 0.4) is 0 Å². The molecule has 0 fully saturated rings. The fraction of sp³-hybridized carbons (Fsp3) is 0.0909. The molecular formula is C22H16BrClN6O3S. The summed E-state index contributed by atoms with van der Waals surface area (Å²) in [5.41, 5.74) is 2.87. The van der Waals surface area contributed by atoms with Crippen LogP contribution in [0, 0.1) is 0 Å². The third-order valence-corrected chi connectivity index (χ3v) is 7.97. The van der Waals surface area contributed by atoms with E-state index in [1.165, 1.54) is 28.6 Å². The number of carbonyl (C=O) groups excluding carboxylic acids is 1. The molecule has 1 aromatic heterocycles. The number of aromatic amines is 1. The molecule has 9 nitrogen and oxygen atoms in total. The zero-order valence-electron chi connectivity index (χ0n) is 17.4. The molecule has 2 heterocycles. The molecule has 0 saturated carbocycles.